The van der Waals surface area contributed by atoms with Gasteiger partial charge in [0.05, 0.1) is 11.7 Å². The number of fused-ring (bicyclic) bond motifs is 3. The highest BCUT2D eigenvalue weighted by atomic mass is 32.2. The number of hydrogen-bond acceptors (Lipinski definition) is 9. The highest BCUT2D eigenvalue weighted by molar-refractivity contribution is 7.88. The summed E-state index contributed by atoms with van der Waals surface area (Å²) >= 11 is 0. The van der Waals surface area contributed by atoms with Gasteiger partial charge in [-0.2, -0.15) is 21.6 Å². The Morgan fingerprint density at radius 2 is 1.83 bits per heavy atom. The molecular weight excluding hydrogens is 575 g/mol. The summed E-state index contributed by atoms with van der Waals surface area (Å²) < 4.78 is 67.8. The van der Waals surface area contributed by atoms with Gasteiger partial charge in [-0.1, -0.05) is 12.1 Å². The van der Waals surface area contributed by atoms with E-state index < -0.39 is 21.4 Å². The number of benzene rings is 1. The number of carbonyl (C=O) groups is 1. The highest BCUT2D eigenvalue weighted by Crippen LogP contribution is 2.37. The number of aromatic nitrogens is 5. The Morgan fingerprint density at radius 1 is 1.07 bits per heavy atom. The molecule has 6 rings (SSSR count). The molecule has 2 aliphatic rings. The number of rotatable bonds is 5. The fourth-order valence-electron chi connectivity index (χ4n) is 5.57. The van der Waals surface area contributed by atoms with Crippen molar-refractivity contribution in [1.29, 1.82) is 0 Å². The number of hydrogen-bond donors (Lipinski definition) is 0. The standard InChI is InChI=1S/C27H26F3N7O4S/c1-16-15-35(10-11-36(16)17(2)38)26-31-13-19(14-32-26)21-6-7-22-25(34-21)37-23(8-9-24(37)33-22)18-4-3-5-20(12-18)41-42(39,40)27(28,29)30/h3-7,12-14,16,23H,8-11,15H2,1-2H3/t16-,23-/m1/s1. The lowest BCUT2D eigenvalue weighted by atomic mass is 10.0. The topological polar surface area (TPSA) is 123 Å². The molecule has 1 saturated heterocycles. The molecule has 1 amide bonds. The molecule has 0 saturated carbocycles. The minimum absolute atomic E-state index is 0.0433. The molecule has 5 heterocycles. The largest absolute Gasteiger partial charge is 0.534 e. The zero-order valence-electron chi connectivity index (χ0n) is 22.6. The maximum atomic E-state index is 12.8. The second-order valence-corrected chi connectivity index (χ2v) is 11.9. The number of piperazine rings is 1. The lowest BCUT2D eigenvalue weighted by Crippen LogP contribution is -2.53. The minimum Gasteiger partial charge on any atom is -0.376 e. The van der Waals surface area contributed by atoms with Gasteiger partial charge in [0.25, 0.3) is 0 Å². The number of alkyl halides is 3. The van der Waals surface area contributed by atoms with Crippen LogP contribution in [0, 0.1) is 0 Å². The smallest absolute Gasteiger partial charge is 0.376 e. The number of halogens is 3. The van der Waals surface area contributed by atoms with Gasteiger partial charge in [-0.25, -0.2) is 19.9 Å². The molecule has 0 unspecified atom stereocenters. The van der Waals surface area contributed by atoms with Crippen molar-refractivity contribution in [2.45, 2.75) is 44.3 Å². The zero-order valence-corrected chi connectivity index (χ0v) is 23.4. The number of nitrogens with zero attached hydrogens (tertiary/aromatic N) is 7. The van der Waals surface area contributed by atoms with Crippen LogP contribution in [-0.4, -0.2) is 74.9 Å². The number of imidazole rings is 1. The predicted molar refractivity (Wildman–Crippen MR) is 146 cm³/mol. The lowest BCUT2D eigenvalue weighted by Gasteiger charge is -2.39. The number of pyridine rings is 1. The van der Waals surface area contributed by atoms with Crippen LogP contribution in [0.25, 0.3) is 22.4 Å². The van der Waals surface area contributed by atoms with Crippen molar-refractivity contribution in [3.05, 3.63) is 60.2 Å². The second kappa shape index (κ2) is 10.2. The van der Waals surface area contributed by atoms with Crippen LogP contribution in [0.5, 0.6) is 5.75 Å². The average molecular weight is 602 g/mol. The van der Waals surface area contributed by atoms with E-state index >= 15 is 0 Å². The Bertz CT molecular complexity index is 1780. The van der Waals surface area contributed by atoms with E-state index in [2.05, 4.69) is 19.1 Å². The summed E-state index contributed by atoms with van der Waals surface area (Å²) in [7, 11) is -5.79. The number of carbonyl (C=O) groups excluding carboxylic acids is 1. The number of aryl methyl sites for hydroxylation is 1. The van der Waals surface area contributed by atoms with E-state index in [0.29, 0.717) is 66.4 Å². The van der Waals surface area contributed by atoms with E-state index in [1.807, 2.05) is 33.4 Å². The van der Waals surface area contributed by atoms with Gasteiger partial charge in [-0.3, -0.25) is 4.79 Å². The molecular formula is C27H26F3N7O4S. The first-order valence-corrected chi connectivity index (χ1v) is 14.7. The third-order valence-electron chi connectivity index (χ3n) is 7.54. The van der Waals surface area contributed by atoms with Crippen molar-refractivity contribution in [3.8, 4) is 17.0 Å². The SMILES string of the molecule is CC(=O)N1CCN(c2ncc(-c3ccc4nc5n(c4n3)[C@@H](c3cccc(OS(=O)(=O)C(F)(F)F)c3)CC5)cn2)C[C@H]1C. The van der Waals surface area contributed by atoms with Crippen LogP contribution in [0.2, 0.25) is 0 Å². The second-order valence-electron chi connectivity index (χ2n) is 10.3. The van der Waals surface area contributed by atoms with Crippen LogP contribution in [0.4, 0.5) is 19.1 Å². The molecule has 0 radical (unpaired) electrons. The maximum absolute atomic E-state index is 12.8. The van der Waals surface area contributed by atoms with E-state index in [-0.39, 0.29) is 18.0 Å². The molecule has 1 fully saturated rings. The van der Waals surface area contributed by atoms with Crippen molar-refractivity contribution >= 4 is 33.1 Å². The number of amides is 1. The summed E-state index contributed by atoms with van der Waals surface area (Å²) in [5, 5.41) is 0. The highest BCUT2D eigenvalue weighted by Gasteiger charge is 2.48. The molecule has 0 spiro atoms. The normalized spacial score (nSPS) is 19.3. The molecule has 3 aromatic heterocycles. The van der Waals surface area contributed by atoms with Gasteiger partial charge in [0.15, 0.2) is 5.65 Å². The fraction of sp³-hybridized carbons (Fsp3) is 0.370. The molecule has 2 aliphatic heterocycles. The van der Waals surface area contributed by atoms with Crippen LogP contribution < -0.4 is 9.08 Å². The Morgan fingerprint density at radius 3 is 2.52 bits per heavy atom. The molecule has 1 aromatic carbocycles. The molecule has 4 aromatic rings. The van der Waals surface area contributed by atoms with Gasteiger partial charge in [0.2, 0.25) is 11.9 Å². The third-order valence-corrected chi connectivity index (χ3v) is 8.52. The van der Waals surface area contributed by atoms with Gasteiger partial charge >= 0.3 is 15.6 Å². The molecule has 42 heavy (non-hydrogen) atoms. The van der Waals surface area contributed by atoms with E-state index in [0.717, 1.165) is 5.82 Å². The third kappa shape index (κ3) is 5.01. The van der Waals surface area contributed by atoms with Gasteiger partial charge in [-0.05, 0) is 43.2 Å². The predicted octanol–water partition coefficient (Wildman–Crippen LogP) is 3.71. The van der Waals surface area contributed by atoms with Crippen molar-refractivity contribution < 1.29 is 30.6 Å². The van der Waals surface area contributed by atoms with Gasteiger partial charge in [-0.15, -0.1) is 0 Å². The van der Waals surface area contributed by atoms with E-state index in [1.165, 1.54) is 18.2 Å². The summed E-state index contributed by atoms with van der Waals surface area (Å²) in [4.78, 5) is 34.3. The summed E-state index contributed by atoms with van der Waals surface area (Å²) in [6, 6.07) is 8.98. The van der Waals surface area contributed by atoms with Crippen molar-refractivity contribution in [2.24, 2.45) is 0 Å². The molecule has 0 N–H and O–H groups in total. The van der Waals surface area contributed by atoms with Gasteiger partial charge in [0.1, 0.15) is 17.1 Å². The van der Waals surface area contributed by atoms with E-state index in [9.17, 15) is 26.4 Å². The van der Waals surface area contributed by atoms with E-state index in [4.69, 9.17) is 4.98 Å². The maximum Gasteiger partial charge on any atom is 0.534 e. The summed E-state index contributed by atoms with van der Waals surface area (Å²) in [5.41, 5.74) is -2.42. The molecule has 15 heteroatoms. The summed E-state index contributed by atoms with van der Waals surface area (Å²) in [5.74, 6) is 0.948. The van der Waals surface area contributed by atoms with Crippen molar-refractivity contribution in [3.63, 3.8) is 0 Å². The molecule has 0 bridgehead atoms. The lowest BCUT2D eigenvalue weighted by molar-refractivity contribution is -0.131. The van der Waals surface area contributed by atoms with Gasteiger partial charge < -0.3 is 18.6 Å². The van der Waals surface area contributed by atoms with Crippen LogP contribution in [0.3, 0.4) is 0 Å². The van der Waals surface area contributed by atoms with Crippen LogP contribution in [0.15, 0.2) is 48.8 Å². The number of anilines is 1. The quantitative estimate of drug-likeness (QED) is 0.249. The zero-order chi connectivity index (χ0) is 29.8. The fourth-order valence-corrected chi connectivity index (χ4v) is 6.02. The first kappa shape index (κ1) is 27.9. The monoisotopic (exact) mass is 601 g/mol. The van der Waals surface area contributed by atoms with Crippen molar-refractivity contribution in [1.82, 2.24) is 29.4 Å². The van der Waals surface area contributed by atoms with Crippen molar-refractivity contribution in [2.75, 3.05) is 24.5 Å². The Kier molecular flexibility index (Phi) is 6.78. The summed E-state index contributed by atoms with van der Waals surface area (Å²) in [6.07, 6.45) is 4.60. The summed E-state index contributed by atoms with van der Waals surface area (Å²) in [6.45, 7) is 5.41. The first-order valence-electron chi connectivity index (χ1n) is 13.2. The van der Waals surface area contributed by atoms with Crippen LogP contribution >= 0.6 is 0 Å². The molecule has 2 atom stereocenters. The Hall–Kier alpha value is -4.27. The molecule has 11 nitrogen and oxygen atoms in total. The molecule has 220 valence electrons. The van der Waals surface area contributed by atoms with Crippen LogP contribution in [0.1, 0.15) is 37.7 Å². The van der Waals surface area contributed by atoms with E-state index in [1.54, 1.807) is 25.4 Å². The van der Waals surface area contributed by atoms with Crippen LogP contribution in [-0.2, 0) is 21.3 Å². The first-order chi connectivity index (χ1) is 19.9. The molecule has 0 aliphatic carbocycles. The Labute approximate surface area is 239 Å². The average Bonchev–Trinajstić information content (AvgIpc) is 3.51. The van der Waals surface area contributed by atoms with Gasteiger partial charge in [0, 0.05) is 57.0 Å². The Balaban J connectivity index is 1.26. The minimum atomic E-state index is -5.79.